The average molecular weight is 189 g/mol. The summed E-state index contributed by atoms with van der Waals surface area (Å²) in [6.07, 6.45) is 0. The van der Waals surface area contributed by atoms with Gasteiger partial charge >= 0.3 is 5.97 Å². The van der Waals surface area contributed by atoms with Crippen LogP contribution in [0.25, 0.3) is 0 Å². The van der Waals surface area contributed by atoms with Crippen LogP contribution in [0.4, 0.5) is 0 Å². The van der Waals surface area contributed by atoms with Gasteiger partial charge in [-0.1, -0.05) is 13.8 Å². The summed E-state index contributed by atoms with van der Waals surface area (Å²) in [5.74, 6) is -0.511. The fraction of sp³-hybridized carbons (Fsp3) is 0.778. The van der Waals surface area contributed by atoms with Crippen molar-refractivity contribution in [1.82, 2.24) is 4.90 Å². The minimum Gasteiger partial charge on any atom is -0.465 e. The molecule has 0 aliphatic rings. The van der Waals surface area contributed by atoms with Gasteiger partial charge in [0.2, 0.25) is 5.91 Å². The summed E-state index contributed by atoms with van der Waals surface area (Å²) < 4.78 is 4.63. The van der Waals surface area contributed by atoms with Gasteiger partial charge in [0.1, 0.15) is 6.54 Å². The number of hydrogen-bond acceptors (Lipinski definition) is 3. The van der Waals surface area contributed by atoms with E-state index in [9.17, 15) is 9.59 Å². The van der Waals surface area contributed by atoms with Crippen LogP contribution in [0.2, 0.25) is 0 Å². The van der Waals surface area contributed by atoms with Gasteiger partial charge in [-0.05, 0) is 6.92 Å². The van der Waals surface area contributed by atoms with Crippen LogP contribution in [0.5, 0.6) is 0 Å². The van der Waals surface area contributed by atoms with E-state index in [0.29, 0.717) is 6.61 Å². The monoisotopic (exact) mass is 189 g/mol. The van der Waals surface area contributed by atoms with Crippen molar-refractivity contribution in [3.05, 3.63) is 0 Å². The zero-order valence-corrected chi connectivity index (χ0v) is 9.09. The van der Waals surface area contributed by atoms with E-state index in [1.165, 1.54) is 11.8 Å². The molecule has 0 saturated carbocycles. The Kier molecular flexibility index (Phi) is 10.0. The molecule has 0 rings (SSSR count). The molecule has 0 spiro atoms. The van der Waals surface area contributed by atoms with E-state index in [4.69, 9.17) is 0 Å². The molecule has 78 valence electrons. The number of amides is 1. The smallest absolute Gasteiger partial charge is 0.325 e. The molecule has 0 fully saturated rings. The third kappa shape index (κ3) is 8.85. The lowest BCUT2D eigenvalue weighted by molar-refractivity contribution is -0.147. The van der Waals surface area contributed by atoms with Crippen molar-refractivity contribution in [3.63, 3.8) is 0 Å². The van der Waals surface area contributed by atoms with Crippen LogP contribution in [-0.4, -0.2) is 37.0 Å². The van der Waals surface area contributed by atoms with Crippen molar-refractivity contribution in [2.24, 2.45) is 0 Å². The third-order valence-corrected chi connectivity index (χ3v) is 1.21. The average Bonchev–Trinajstić information content (AvgIpc) is 2.08. The van der Waals surface area contributed by atoms with Gasteiger partial charge in [-0.15, -0.1) is 0 Å². The molecule has 13 heavy (non-hydrogen) atoms. The quantitative estimate of drug-likeness (QED) is 0.623. The lowest BCUT2D eigenvalue weighted by atomic mass is 10.5. The van der Waals surface area contributed by atoms with Gasteiger partial charge in [0.15, 0.2) is 0 Å². The van der Waals surface area contributed by atoms with E-state index in [2.05, 4.69) is 4.74 Å². The Morgan fingerprint density at radius 1 is 1.31 bits per heavy atom. The minimum atomic E-state index is -0.370. The normalized spacial score (nSPS) is 8.08. The highest BCUT2D eigenvalue weighted by Crippen LogP contribution is 1.85. The lowest BCUT2D eigenvalue weighted by Crippen LogP contribution is -2.31. The van der Waals surface area contributed by atoms with Gasteiger partial charge < -0.3 is 9.64 Å². The molecule has 0 aliphatic carbocycles. The molecule has 0 N–H and O–H groups in total. The van der Waals surface area contributed by atoms with Gasteiger partial charge in [-0.25, -0.2) is 0 Å². The molecule has 0 radical (unpaired) electrons. The Morgan fingerprint density at radius 3 is 2.08 bits per heavy atom. The molecule has 0 saturated heterocycles. The SMILES string of the molecule is CC.CCOC(=O)CN(C)C(C)=O. The first-order valence-corrected chi connectivity index (χ1v) is 4.45. The molecule has 0 aliphatic heterocycles. The molecular formula is C9H19NO3. The summed E-state index contributed by atoms with van der Waals surface area (Å²) in [6.45, 7) is 7.51. The largest absolute Gasteiger partial charge is 0.465 e. The molecule has 0 bridgehead atoms. The standard InChI is InChI=1S/C7H13NO3.C2H6/c1-4-11-7(10)5-8(3)6(2)9;1-2/h4-5H2,1-3H3;1-2H3. The summed E-state index contributed by atoms with van der Waals surface area (Å²) in [5.41, 5.74) is 0. The van der Waals surface area contributed by atoms with E-state index in [1.807, 2.05) is 13.8 Å². The lowest BCUT2D eigenvalue weighted by Gasteiger charge is -2.12. The summed E-state index contributed by atoms with van der Waals surface area (Å²) in [4.78, 5) is 22.6. The van der Waals surface area contributed by atoms with E-state index in [0.717, 1.165) is 0 Å². The molecule has 4 heteroatoms. The molecular weight excluding hydrogens is 170 g/mol. The number of esters is 1. The van der Waals surface area contributed by atoms with Crippen LogP contribution in [0.15, 0.2) is 0 Å². The second-order valence-corrected chi connectivity index (χ2v) is 2.18. The zero-order chi connectivity index (χ0) is 10.9. The van der Waals surface area contributed by atoms with Crippen molar-refractivity contribution < 1.29 is 14.3 Å². The van der Waals surface area contributed by atoms with Crippen LogP contribution >= 0.6 is 0 Å². The van der Waals surface area contributed by atoms with Crippen LogP contribution < -0.4 is 0 Å². The van der Waals surface area contributed by atoms with E-state index >= 15 is 0 Å². The van der Waals surface area contributed by atoms with Crippen molar-refractivity contribution >= 4 is 11.9 Å². The van der Waals surface area contributed by atoms with Gasteiger partial charge in [-0.3, -0.25) is 9.59 Å². The number of carbonyl (C=O) groups is 2. The molecule has 0 aromatic rings. The van der Waals surface area contributed by atoms with Crippen molar-refractivity contribution in [3.8, 4) is 0 Å². The molecule has 1 amide bonds. The predicted octanol–water partition coefficient (Wildman–Crippen LogP) is 1.05. The second kappa shape index (κ2) is 9.03. The highest BCUT2D eigenvalue weighted by atomic mass is 16.5. The number of likely N-dealkylation sites (N-methyl/N-ethyl adjacent to an activating group) is 1. The molecule has 0 aromatic heterocycles. The first-order valence-electron chi connectivity index (χ1n) is 4.45. The van der Waals surface area contributed by atoms with E-state index in [-0.39, 0.29) is 18.4 Å². The Morgan fingerprint density at radius 2 is 1.77 bits per heavy atom. The molecule has 0 heterocycles. The number of carbonyl (C=O) groups excluding carboxylic acids is 2. The third-order valence-electron chi connectivity index (χ3n) is 1.21. The van der Waals surface area contributed by atoms with Crippen molar-refractivity contribution in [2.75, 3.05) is 20.2 Å². The molecule has 0 aromatic carbocycles. The Labute approximate surface area is 79.9 Å². The minimum absolute atomic E-state index is 0.0309. The van der Waals surface area contributed by atoms with Crippen LogP contribution in [0, 0.1) is 0 Å². The van der Waals surface area contributed by atoms with Gasteiger partial charge in [0.05, 0.1) is 6.61 Å². The Hall–Kier alpha value is -1.06. The molecule has 4 nitrogen and oxygen atoms in total. The second-order valence-electron chi connectivity index (χ2n) is 2.18. The van der Waals surface area contributed by atoms with Crippen LogP contribution in [0.3, 0.4) is 0 Å². The first-order chi connectivity index (χ1) is 6.07. The van der Waals surface area contributed by atoms with Gasteiger partial charge in [0.25, 0.3) is 0 Å². The van der Waals surface area contributed by atoms with Crippen molar-refractivity contribution in [2.45, 2.75) is 27.7 Å². The van der Waals surface area contributed by atoms with Crippen LogP contribution in [0.1, 0.15) is 27.7 Å². The number of rotatable bonds is 3. The molecule has 0 unspecified atom stereocenters. The molecule has 0 atom stereocenters. The topological polar surface area (TPSA) is 46.6 Å². The predicted molar refractivity (Wildman–Crippen MR) is 51.3 cm³/mol. The maximum Gasteiger partial charge on any atom is 0.325 e. The summed E-state index contributed by atoms with van der Waals surface area (Å²) >= 11 is 0. The van der Waals surface area contributed by atoms with E-state index < -0.39 is 0 Å². The number of nitrogens with zero attached hydrogens (tertiary/aromatic N) is 1. The van der Waals surface area contributed by atoms with E-state index in [1.54, 1.807) is 14.0 Å². The maximum atomic E-state index is 10.7. The highest BCUT2D eigenvalue weighted by Gasteiger charge is 2.08. The first kappa shape index (κ1) is 14.5. The fourth-order valence-electron chi connectivity index (χ4n) is 0.512. The maximum absolute atomic E-state index is 10.7. The zero-order valence-electron chi connectivity index (χ0n) is 9.09. The van der Waals surface area contributed by atoms with Gasteiger partial charge in [-0.2, -0.15) is 0 Å². The summed E-state index contributed by atoms with van der Waals surface area (Å²) in [5, 5.41) is 0. The van der Waals surface area contributed by atoms with Gasteiger partial charge in [0, 0.05) is 14.0 Å². The Balaban J connectivity index is 0. The Bertz CT molecular complexity index is 157. The summed E-state index contributed by atoms with van der Waals surface area (Å²) in [7, 11) is 1.55. The summed E-state index contributed by atoms with van der Waals surface area (Å²) in [6, 6.07) is 0. The fourth-order valence-corrected chi connectivity index (χ4v) is 0.512. The van der Waals surface area contributed by atoms with Crippen LogP contribution in [-0.2, 0) is 14.3 Å². The van der Waals surface area contributed by atoms with Crippen molar-refractivity contribution in [1.29, 1.82) is 0 Å². The number of ether oxygens (including phenoxy) is 1. The highest BCUT2D eigenvalue weighted by molar-refractivity contribution is 5.80. The number of hydrogen-bond donors (Lipinski definition) is 0.